The van der Waals surface area contributed by atoms with E-state index in [1.54, 1.807) is 25.1 Å². The Morgan fingerprint density at radius 3 is 2.47 bits per heavy atom. The Morgan fingerprint density at radius 1 is 1.07 bits per heavy atom. The van der Waals surface area contributed by atoms with Crippen molar-refractivity contribution in [2.24, 2.45) is 0 Å². The van der Waals surface area contributed by atoms with Crippen molar-refractivity contribution in [2.75, 3.05) is 13.7 Å². The van der Waals surface area contributed by atoms with Crippen LogP contribution in [0.3, 0.4) is 0 Å². The molecule has 8 nitrogen and oxygen atoms in total. The predicted octanol–water partition coefficient (Wildman–Crippen LogP) is 3.94. The summed E-state index contributed by atoms with van der Waals surface area (Å²) in [7, 11) is 1.45. The van der Waals surface area contributed by atoms with Crippen molar-refractivity contribution in [3.8, 4) is 23.0 Å². The largest absolute Gasteiger partial charge is 0.493 e. The maximum absolute atomic E-state index is 12.2. The van der Waals surface area contributed by atoms with Gasteiger partial charge in [0.05, 0.1) is 7.11 Å². The summed E-state index contributed by atoms with van der Waals surface area (Å²) < 4.78 is 21.6. The van der Waals surface area contributed by atoms with E-state index in [9.17, 15) is 9.59 Å². The summed E-state index contributed by atoms with van der Waals surface area (Å²) >= 11 is 0. The van der Waals surface area contributed by atoms with Crippen LogP contribution in [0, 0.1) is 6.92 Å². The average molecular weight is 410 g/mol. The number of ether oxygens (including phenoxy) is 3. The van der Waals surface area contributed by atoms with Crippen molar-refractivity contribution in [3.63, 3.8) is 0 Å². The average Bonchev–Trinajstić information content (AvgIpc) is 3.23. The van der Waals surface area contributed by atoms with Crippen LogP contribution in [0.4, 0.5) is 0 Å². The van der Waals surface area contributed by atoms with Gasteiger partial charge in [-0.1, -0.05) is 17.7 Å². The first kappa shape index (κ1) is 21.0. The summed E-state index contributed by atoms with van der Waals surface area (Å²) in [5.74, 6) is 0.490. The number of nitrogens with zero attached hydrogens (tertiary/aromatic N) is 2. The van der Waals surface area contributed by atoms with Gasteiger partial charge in [-0.05, 0) is 51.1 Å². The Kier molecular flexibility index (Phi) is 6.46. The van der Waals surface area contributed by atoms with Crippen LogP contribution in [0.1, 0.15) is 41.8 Å². The summed E-state index contributed by atoms with van der Waals surface area (Å²) in [5, 5.41) is 7.95. The molecule has 2 aromatic carbocycles. The first-order chi connectivity index (χ1) is 14.4. The highest BCUT2D eigenvalue weighted by Crippen LogP contribution is 2.28. The molecule has 0 aliphatic rings. The van der Waals surface area contributed by atoms with Gasteiger partial charge in [-0.25, -0.2) is 4.79 Å². The van der Waals surface area contributed by atoms with Crippen molar-refractivity contribution >= 4 is 11.8 Å². The molecular weight excluding hydrogens is 388 g/mol. The quantitative estimate of drug-likeness (QED) is 0.407. The van der Waals surface area contributed by atoms with E-state index in [-0.39, 0.29) is 18.3 Å². The Morgan fingerprint density at radius 2 is 1.80 bits per heavy atom. The number of hydrogen-bond acceptors (Lipinski definition) is 8. The standard InChI is InChI=1S/C22H22N2O6/c1-13-5-7-16(8-6-13)22-24-23-21(30-22)15(3)29-20(26)12-28-18-10-9-17(14(2)25)11-19(18)27-4/h5-11,15H,12H2,1-4H3/t15-/m0/s1. The number of aromatic nitrogens is 2. The van der Waals surface area contributed by atoms with E-state index in [1.807, 2.05) is 31.2 Å². The van der Waals surface area contributed by atoms with E-state index in [4.69, 9.17) is 18.6 Å². The van der Waals surface area contributed by atoms with Crippen LogP contribution in [0.25, 0.3) is 11.5 Å². The molecule has 0 amide bonds. The minimum Gasteiger partial charge on any atom is -0.493 e. The highest BCUT2D eigenvalue weighted by atomic mass is 16.6. The molecule has 0 aliphatic heterocycles. The van der Waals surface area contributed by atoms with Gasteiger partial charge in [-0.15, -0.1) is 10.2 Å². The fraction of sp³-hybridized carbons (Fsp3) is 0.273. The number of Topliss-reactive ketones (excluding diaryl/α,β-unsaturated/α-hetero) is 1. The molecule has 0 saturated carbocycles. The molecule has 3 rings (SSSR count). The molecule has 1 atom stereocenters. The van der Waals surface area contributed by atoms with Gasteiger partial charge in [0.1, 0.15) is 0 Å². The number of ketones is 1. The van der Waals surface area contributed by atoms with E-state index >= 15 is 0 Å². The first-order valence-electron chi connectivity index (χ1n) is 9.29. The van der Waals surface area contributed by atoms with Gasteiger partial charge in [0.25, 0.3) is 5.89 Å². The van der Waals surface area contributed by atoms with Crippen LogP contribution in [-0.2, 0) is 9.53 Å². The number of hydrogen-bond donors (Lipinski definition) is 0. The molecule has 1 heterocycles. The van der Waals surface area contributed by atoms with E-state index in [0.717, 1.165) is 11.1 Å². The molecule has 0 unspecified atom stereocenters. The number of aryl methyl sites for hydroxylation is 1. The third kappa shape index (κ3) is 5.02. The van der Waals surface area contributed by atoms with Crippen molar-refractivity contribution in [1.29, 1.82) is 0 Å². The predicted molar refractivity (Wildman–Crippen MR) is 107 cm³/mol. The molecule has 30 heavy (non-hydrogen) atoms. The lowest BCUT2D eigenvalue weighted by Gasteiger charge is -2.13. The number of carbonyl (C=O) groups is 2. The maximum Gasteiger partial charge on any atom is 0.344 e. The van der Waals surface area contributed by atoms with E-state index in [0.29, 0.717) is 23.0 Å². The minimum absolute atomic E-state index is 0.0994. The molecule has 0 saturated heterocycles. The smallest absolute Gasteiger partial charge is 0.344 e. The minimum atomic E-state index is -0.741. The Bertz CT molecular complexity index is 1040. The lowest BCUT2D eigenvalue weighted by Crippen LogP contribution is -2.17. The van der Waals surface area contributed by atoms with Gasteiger partial charge in [0, 0.05) is 11.1 Å². The number of methoxy groups -OCH3 is 1. The fourth-order valence-electron chi connectivity index (χ4n) is 2.64. The lowest BCUT2D eigenvalue weighted by molar-refractivity contribution is -0.152. The maximum atomic E-state index is 12.2. The Labute approximate surface area is 173 Å². The van der Waals surface area contributed by atoms with Crippen LogP contribution in [0.5, 0.6) is 11.5 Å². The van der Waals surface area contributed by atoms with Crippen LogP contribution in [0.2, 0.25) is 0 Å². The number of rotatable bonds is 8. The van der Waals surface area contributed by atoms with E-state index in [1.165, 1.54) is 14.0 Å². The second-order valence-electron chi connectivity index (χ2n) is 6.65. The SMILES string of the molecule is COc1cc(C(C)=O)ccc1OCC(=O)O[C@@H](C)c1nnc(-c2ccc(C)cc2)o1. The molecule has 0 fully saturated rings. The number of carbonyl (C=O) groups excluding carboxylic acids is 2. The molecule has 8 heteroatoms. The van der Waals surface area contributed by atoms with Crippen molar-refractivity contribution in [1.82, 2.24) is 10.2 Å². The third-order valence-electron chi connectivity index (χ3n) is 4.31. The molecule has 0 spiro atoms. The van der Waals surface area contributed by atoms with Gasteiger partial charge < -0.3 is 18.6 Å². The molecule has 0 radical (unpaired) electrons. The molecular formula is C22H22N2O6. The van der Waals surface area contributed by atoms with Gasteiger partial charge in [0.2, 0.25) is 5.89 Å². The summed E-state index contributed by atoms with van der Waals surface area (Å²) in [4.78, 5) is 23.6. The van der Waals surface area contributed by atoms with Crippen LogP contribution < -0.4 is 9.47 Å². The normalized spacial score (nSPS) is 11.6. The molecule has 3 aromatic rings. The van der Waals surface area contributed by atoms with Crippen LogP contribution >= 0.6 is 0 Å². The first-order valence-corrected chi connectivity index (χ1v) is 9.29. The fourth-order valence-corrected chi connectivity index (χ4v) is 2.64. The highest BCUT2D eigenvalue weighted by molar-refractivity contribution is 5.94. The summed E-state index contributed by atoms with van der Waals surface area (Å²) in [5.41, 5.74) is 2.38. The summed E-state index contributed by atoms with van der Waals surface area (Å²) in [6.45, 7) is 4.72. The summed E-state index contributed by atoms with van der Waals surface area (Å²) in [6, 6.07) is 12.4. The molecule has 0 bridgehead atoms. The second kappa shape index (κ2) is 9.21. The zero-order chi connectivity index (χ0) is 21.7. The number of benzene rings is 2. The zero-order valence-corrected chi connectivity index (χ0v) is 17.2. The van der Waals surface area contributed by atoms with Gasteiger partial charge >= 0.3 is 5.97 Å². The van der Waals surface area contributed by atoms with Crippen molar-refractivity contribution < 1.29 is 28.2 Å². The number of esters is 1. The molecule has 0 N–H and O–H groups in total. The van der Waals surface area contributed by atoms with Gasteiger partial charge in [0.15, 0.2) is 30.0 Å². The van der Waals surface area contributed by atoms with Crippen molar-refractivity contribution in [3.05, 3.63) is 59.5 Å². The van der Waals surface area contributed by atoms with Gasteiger partial charge in [-0.2, -0.15) is 0 Å². The Hall–Kier alpha value is -3.68. The molecule has 0 aliphatic carbocycles. The zero-order valence-electron chi connectivity index (χ0n) is 17.2. The van der Waals surface area contributed by atoms with E-state index < -0.39 is 12.1 Å². The van der Waals surface area contributed by atoms with Crippen molar-refractivity contribution in [2.45, 2.75) is 26.9 Å². The lowest BCUT2D eigenvalue weighted by atomic mass is 10.1. The van der Waals surface area contributed by atoms with Gasteiger partial charge in [-0.3, -0.25) is 4.79 Å². The Balaban J connectivity index is 1.59. The van der Waals surface area contributed by atoms with E-state index in [2.05, 4.69) is 10.2 Å². The summed E-state index contributed by atoms with van der Waals surface area (Å²) in [6.07, 6.45) is -0.741. The van der Waals surface area contributed by atoms with Crippen LogP contribution in [0.15, 0.2) is 46.9 Å². The second-order valence-corrected chi connectivity index (χ2v) is 6.65. The highest BCUT2D eigenvalue weighted by Gasteiger charge is 2.20. The molecule has 156 valence electrons. The van der Waals surface area contributed by atoms with Crippen LogP contribution in [-0.4, -0.2) is 35.7 Å². The molecule has 1 aromatic heterocycles. The monoisotopic (exact) mass is 410 g/mol. The topological polar surface area (TPSA) is 101 Å². The third-order valence-corrected chi connectivity index (χ3v) is 4.31.